The maximum Gasteiger partial charge on any atom is 0.435 e. The number of aromatic amines is 1. The number of quaternary nitrogens is 1. The number of morpholine rings is 1. The summed E-state index contributed by atoms with van der Waals surface area (Å²) in [5.41, 5.74) is 4.74. The van der Waals surface area contributed by atoms with E-state index in [-0.39, 0.29) is 57.0 Å². The number of H-pyrrole nitrogens is 1. The van der Waals surface area contributed by atoms with Crippen molar-refractivity contribution in [2.45, 2.75) is 12.2 Å². The van der Waals surface area contributed by atoms with E-state index in [1.54, 1.807) is 9.80 Å². The van der Waals surface area contributed by atoms with Gasteiger partial charge in [0.15, 0.2) is 23.4 Å². The second-order valence-electron chi connectivity index (χ2n) is 12.3. The molecule has 14 nitrogen and oxygen atoms in total. The first-order valence-electron chi connectivity index (χ1n) is 15.2. The molecule has 49 heavy (non-hydrogen) atoms. The first-order chi connectivity index (χ1) is 23.2. The van der Waals surface area contributed by atoms with Crippen LogP contribution in [0.2, 0.25) is 5.02 Å². The van der Waals surface area contributed by atoms with Crippen LogP contribution < -0.4 is 11.1 Å². The average Bonchev–Trinajstić information content (AvgIpc) is 3.73. The number of nitrogens with zero attached hydrogens (tertiary/aromatic N) is 7. The standard InChI is InChI=1S/C31H32ClF3N10O4/c1-45(2)11-12-49-17-24(45)30(48)43-9-7-42(8-10-43)29(47)20-5-4-19(13-22(20)32)39-28(46)27-38-15-23(40-27)21-16-44(41-26(21)31(33,34)35)25-6-3-18(36)14-37-25/h3-6,13-16,24H,7-12,17,36H2,1-2H3,(H-,38,39,40,46,47)/p+1/t24-/m0/s1. The van der Waals surface area contributed by atoms with Crippen molar-refractivity contribution < 1.29 is 36.8 Å². The van der Waals surface area contributed by atoms with Crippen LogP contribution in [0.5, 0.6) is 0 Å². The van der Waals surface area contributed by atoms with Crippen LogP contribution in [-0.2, 0) is 15.7 Å². The van der Waals surface area contributed by atoms with Crippen LogP contribution in [0.3, 0.4) is 0 Å². The number of rotatable bonds is 6. The summed E-state index contributed by atoms with van der Waals surface area (Å²) in [7, 11) is 4.02. The largest absolute Gasteiger partial charge is 0.435 e. The smallest absolute Gasteiger partial charge is 0.397 e. The Kier molecular flexibility index (Phi) is 9.08. The number of piperazine rings is 1. The summed E-state index contributed by atoms with van der Waals surface area (Å²) in [6.45, 7) is 3.11. The number of nitrogens with two attached hydrogens (primary N) is 1. The number of carbonyl (C=O) groups is 3. The lowest BCUT2D eigenvalue weighted by Crippen LogP contribution is -2.64. The van der Waals surface area contributed by atoms with Crippen LogP contribution in [0, 0.1) is 0 Å². The number of nitrogens with one attached hydrogen (secondary N) is 2. The lowest BCUT2D eigenvalue weighted by molar-refractivity contribution is -0.914. The number of anilines is 2. The third kappa shape index (κ3) is 7.09. The van der Waals surface area contributed by atoms with Gasteiger partial charge in [-0.2, -0.15) is 18.3 Å². The predicted molar refractivity (Wildman–Crippen MR) is 172 cm³/mol. The summed E-state index contributed by atoms with van der Waals surface area (Å²) in [6.07, 6.45) is -1.32. The summed E-state index contributed by atoms with van der Waals surface area (Å²) in [5.74, 6) is -1.24. The van der Waals surface area contributed by atoms with Gasteiger partial charge in [0.2, 0.25) is 0 Å². The quantitative estimate of drug-likeness (QED) is 0.259. The Morgan fingerprint density at radius 3 is 2.45 bits per heavy atom. The van der Waals surface area contributed by atoms with E-state index in [1.807, 2.05) is 14.1 Å². The Labute approximate surface area is 283 Å². The van der Waals surface area contributed by atoms with Crippen molar-refractivity contribution in [3.63, 3.8) is 0 Å². The number of nitrogen functional groups attached to an aromatic ring is 1. The summed E-state index contributed by atoms with van der Waals surface area (Å²) >= 11 is 6.46. The van der Waals surface area contributed by atoms with Crippen LogP contribution >= 0.6 is 11.6 Å². The molecule has 4 aromatic rings. The molecule has 2 aliphatic heterocycles. The minimum atomic E-state index is -4.82. The Morgan fingerprint density at radius 1 is 1.06 bits per heavy atom. The fraction of sp³-hybridized carbons (Fsp3) is 0.355. The van der Waals surface area contributed by atoms with Crippen LogP contribution in [0.15, 0.2) is 48.9 Å². The Hall–Kier alpha value is -5.00. The molecule has 0 saturated carbocycles. The van der Waals surface area contributed by atoms with E-state index < -0.39 is 17.8 Å². The highest BCUT2D eigenvalue weighted by molar-refractivity contribution is 6.34. The number of ether oxygens (including phenoxy) is 1. The normalized spacial score (nSPS) is 18.0. The number of alkyl halides is 3. The predicted octanol–water partition coefficient (Wildman–Crippen LogP) is 2.92. The summed E-state index contributed by atoms with van der Waals surface area (Å²) in [4.78, 5) is 53.5. The Bertz CT molecular complexity index is 1880. The van der Waals surface area contributed by atoms with E-state index in [1.165, 1.54) is 36.5 Å². The van der Waals surface area contributed by atoms with Gasteiger partial charge in [0.25, 0.3) is 17.7 Å². The maximum atomic E-state index is 13.9. The molecule has 0 spiro atoms. The topological polar surface area (TPSA) is 164 Å². The fourth-order valence-electron chi connectivity index (χ4n) is 5.69. The van der Waals surface area contributed by atoms with Gasteiger partial charge >= 0.3 is 6.18 Å². The number of aromatic nitrogens is 5. The zero-order valence-electron chi connectivity index (χ0n) is 26.5. The van der Waals surface area contributed by atoms with Gasteiger partial charge in [-0.25, -0.2) is 14.6 Å². The van der Waals surface area contributed by atoms with Gasteiger partial charge in [-0.05, 0) is 30.3 Å². The highest BCUT2D eigenvalue weighted by Crippen LogP contribution is 2.36. The molecule has 4 N–H and O–H groups in total. The van der Waals surface area contributed by atoms with Crippen molar-refractivity contribution >= 4 is 40.7 Å². The third-order valence-electron chi connectivity index (χ3n) is 8.62. The van der Waals surface area contributed by atoms with Crippen LogP contribution in [0.1, 0.15) is 26.7 Å². The van der Waals surface area contributed by atoms with Crippen LogP contribution in [0.25, 0.3) is 17.1 Å². The molecule has 3 aromatic heterocycles. The van der Waals surface area contributed by atoms with Gasteiger partial charge < -0.3 is 35.1 Å². The number of benzene rings is 1. The highest BCUT2D eigenvalue weighted by atomic mass is 35.5. The van der Waals surface area contributed by atoms with Crippen molar-refractivity contribution in [3.05, 3.63) is 71.0 Å². The van der Waals surface area contributed by atoms with E-state index in [4.69, 9.17) is 22.1 Å². The number of halogens is 4. The molecular formula is C31H33ClF3N10O4+. The lowest BCUT2D eigenvalue weighted by Gasteiger charge is -2.43. The van der Waals surface area contributed by atoms with Crippen molar-refractivity contribution in [2.75, 3.05) is 71.1 Å². The van der Waals surface area contributed by atoms with Crippen molar-refractivity contribution in [1.29, 1.82) is 0 Å². The first kappa shape index (κ1) is 33.9. The first-order valence-corrected chi connectivity index (χ1v) is 15.6. The van der Waals surface area contributed by atoms with Crippen molar-refractivity contribution in [2.24, 2.45) is 0 Å². The molecular weight excluding hydrogens is 669 g/mol. The van der Waals surface area contributed by atoms with Gasteiger partial charge in [0, 0.05) is 38.1 Å². The molecule has 18 heteroatoms. The minimum Gasteiger partial charge on any atom is -0.397 e. The molecule has 0 unspecified atom stereocenters. The van der Waals surface area contributed by atoms with Gasteiger partial charge in [-0.3, -0.25) is 14.4 Å². The number of hydrogen-bond acceptors (Lipinski definition) is 8. The molecule has 6 rings (SSSR count). The van der Waals surface area contributed by atoms with E-state index in [0.717, 1.165) is 23.6 Å². The maximum absolute atomic E-state index is 13.9. The summed E-state index contributed by atoms with van der Waals surface area (Å²) < 4.78 is 48.7. The van der Waals surface area contributed by atoms with Gasteiger partial charge in [-0.15, -0.1) is 0 Å². The number of carbonyl (C=O) groups excluding carboxylic acids is 3. The van der Waals surface area contributed by atoms with Crippen molar-refractivity contribution in [3.8, 4) is 17.1 Å². The SMILES string of the molecule is C[N+]1(C)CCOC[C@H]1C(=O)N1CCN(C(=O)c2ccc(NC(=O)c3ncc(-c4cn(-c5ccc(N)cn5)nc4C(F)(F)F)[nH]3)cc2Cl)CC1. The Morgan fingerprint density at radius 2 is 1.80 bits per heavy atom. The number of hydrogen-bond donors (Lipinski definition) is 3. The second kappa shape index (κ2) is 13.1. The molecule has 2 aliphatic rings. The third-order valence-corrected chi connectivity index (χ3v) is 8.93. The molecule has 2 fully saturated rings. The van der Waals surface area contributed by atoms with E-state index in [2.05, 4.69) is 25.4 Å². The molecule has 1 atom stereocenters. The molecule has 258 valence electrons. The monoisotopic (exact) mass is 701 g/mol. The molecule has 1 aromatic carbocycles. The zero-order chi connectivity index (χ0) is 35.1. The molecule has 0 aliphatic carbocycles. The molecule has 0 bridgehead atoms. The number of likely N-dealkylation sites (N-methyl/N-ethyl adjacent to an activating group) is 1. The number of pyridine rings is 1. The van der Waals surface area contributed by atoms with E-state index in [9.17, 15) is 27.6 Å². The zero-order valence-corrected chi connectivity index (χ0v) is 27.3. The van der Waals surface area contributed by atoms with Crippen LogP contribution in [0.4, 0.5) is 24.5 Å². The van der Waals surface area contributed by atoms with Gasteiger partial charge in [0.05, 0.1) is 60.6 Å². The van der Waals surface area contributed by atoms with Gasteiger partial charge in [0.1, 0.15) is 13.2 Å². The number of imidazole rings is 1. The van der Waals surface area contributed by atoms with E-state index in [0.29, 0.717) is 49.6 Å². The highest BCUT2D eigenvalue weighted by Gasteiger charge is 2.42. The molecule has 3 amide bonds. The molecule has 2 saturated heterocycles. The second-order valence-corrected chi connectivity index (χ2v) is 12.7. The van der Waals surface area contributed by atoms with Gasteiger partial charge in [-0.1, -0.05) is 11.6 Å². The van der Waals surface area contributed by atoms with Crippen LogP contribution in [-0.4, -0.2) is 123 Å². The van der Waals surface area contributed by atoms with E-state index >= 15 is 0 Å². The summed E-state index contributed by atoms with van der Waals surface area (Å²) in [6, 6.07) is 6.94. The Balaban J connectivity index is 1.10. The lowest BCUT2D eigenvalue weighted by atomic mass is 10.1. The van der Waals surface area contributed by atoms with Crippen molar-refractivity contribution in [1.82, 2.24) is 34.5 Å². The fourth-order valence-corrected chi connectivity index (χ4v) is 5.96. The number of amides is 3. The molecule has 5 heterocycles. The minimum absolute atomic E-state index is 0.00457. The average molecular weight is 702 g/mol. The molecule has 0 radical (unpaired) electrons. The summed E-state index contributed by atoms with van der Waals surface area (Å²) in [5, 5.41) is 6.32.